The molecule has 0 N–H and O–H groups in total. The Morgan fingerprint density at radius 3 is 1.49 bits per heavy atom. The van der Waals surface area contributed by atoms with Gasteiger partial charge >= 0.3 is 0 Å². The third kappa shape index (κ3) is 5.88. The zero-order chi connectivity index (χ0) is 37.7. The van der Waals surface area contributed by atoms with Crippen molar-refractivity contribution in [2.24, 2.45) is 0 Å². The summed E-state index contributed by atoms with van der Waals surface area (Å²) in [5.74, 6) is 0. The summed E-state index contributed by atoms with van der Waals surface area (Å²) in [5, 5.41) is 4.82. The lowest BCUT2D eigenvalue weighted by atomic mass is 9.98. The summed E-state index contributed by atoms with van der Waals surface area (Å²) in [5.41, 5.74) is 14.7. The average molecular weight is 746 g/mol. The van der Waals surface area contributed by atoms with Crippen molar-refractivity contribution in [1.82, 2.24) is 0 Å². The van der Waals surface area contributed by atoms with Gasteiger partial charge in [0, 0.05) is 43.2 Å². The molecular weight excluding hydrogens is 711 g/mol. The number of nitrogens with zero attached hydrogens (tertiary/aromatic N) is 1. The molecule has 2 aromatic heterocycles. The largest absolute Gasteiger partial charge is 0.456 e. The Hall–Kier alpha value is -7.20. The molecule has 0 atom stereocenters. The van der Waals surface area contributed by atoms with Crippen molar-refractivity contribution < 1.29 is 4.42 Å². The molecule has 0 aliphatic rings. The lowest BCUT2D eigenvalue weighted by Crippen LogP contribution is -2.11. The van der Waals surface area contributed by atoms with Crippen molar-refractivity contribution in [3.63, 3.8) is 0 Å². The molecule has 0 radical (unpaired) electrons. The van der Waals surface area contributed by atoms with Gasteiger partial charge in [-0.25, -0.2) is 0 Å². The number of anilines is 3. The number of thiophene rings is 1. The minimum atomic E-state index is 0.906. The minimum absolute atomic E-state index is 0.906. The Kier molecular flexibility index (Phi) is 8.04. The Morgan fingerprint density at radius 2 is 0.825 bits per heavy atom. The maximum absolute atomic E-state index is 6.15. The molecule has 0 aliphatic carbocycles. The van der Waals surface area contributed by atoms with Crippen LogP contribution < -0.4 is 4.90 Å². The van der Waals surface area contributed by atoms with Crippen molar-refractivity contribution in [2.75, 3.05) is 4.90 Å². The second kappa shape index (κ2) is 13.8. The van der Waals surface area contributed by atoms with Crippen LogP contribution in [0.3, 0.4) is 0 Å². The zero-order valence-electron chi connectivity index (χ0n) is 31.0. The van der Waals surface area contributed by atoms with Crippen LogP contribution in [0.4, 0.5) is 17.1 Å². The van der Waals surface area contributed by atoms with Crippen LogP contribution in [0.5, 0.6) is 0 Å². The van der Waals surface area contributed by atoms with Crippen molar-refractivity contribution >= 4 is 70.5 Å². The molecule has 0 spiro atoms. The van der Waals surface area contributed by atoms with Gasteiger partial charge in [-0.2, -0.15) is 0 Å². The van der Waals surface area contributed by atoms with E-state index >= 15 is 0 Å². The molecule has 11 rings (SSSR count). The number of hydrogen-bond donors (Lipinski definition) is 0. The maximum atomic E-state index is 6.15. The van der Waals surface area contributed by atoms with E-state index in [9.17, 15) is 0 Å². The Bertz CT molecular complexity index is 3200. The van der Waals surface area contributed by atoms with E-state index in [4.69, 9.17) is 4.42 Å². The third-order valence-corrected chi connectivity index (χ3v) is 12.3. The third-order valence-electron chi connectivity index (χ3n) is 11.1. The van der Waals surface area contributed by atoms with Gasteiger partial charge in [-0.05, 0) is 87.5 Å². The number of benzene rings is 9. The molecule has 2 nitrogen and oxygen atoms in total. The van der Waals surface area contributed by atoms with Gasteiger partial charge in [-0.1, -0.05) is 164 Å². The van der Waals surface area contributed by atoms with Gasteiger partial charge in [0.1, 0.15) is 11.2 Å². The van der Waals surface area contributed by atoms with Crippen LogP contribution in [0.2, 0.25) is 0 Å². The van der Waals surface area contributed by atoms with Gasteiger partial charge in [-0.15, -0.1) is 11.3 Å². The highest BCUT2D eigenvalue weighted by Crippen LogP contribution is 2.50. The molecule has 57 heavy (non-hydrogen) atoms. The highest BCUT2D eigenvalue weighted by Gasteiger charge is 2.23. The molecule has 0 saturated heterocycles. The first-order chi connectivity index (χ1) is 28.2. The van der Waals surface area contributed by atoms with Crippen molar-refractivity contribution in [1.29, 1.82) is 0 Å². The maximum Gasteiger partial charge on any atom is 0.135 e. The normalized spacial score (nSPS) is 11.5. The van der Waals surface area contributed by atoms with Gasteiger partial charge in [-0.3, -0.25) is 0 Å². The minimum Gasteiger partial charge on any atom is -0.456 e. The average Bonchev–Trinajstić information content (AvgIpc) is 3.86. The molecule has 2 heterocycles. The van der Waals surface area contributed by atoms with E-state index in [1.165, 1.54) is 59.2 Å². The first-order valence-corrected chi connectivity index (χ1v) is 20.1. The van der Waals surface area contributed by atoms with Crippen LogP contribution in [0.25, 0.3) is 86.6 Å². The topological polar surface area (TPSA) is 16.4 Å². The van der Waals surface area contributed by atoms with Gasteiger partial charge in [0.15, 0.2) is 0 Å². The zero-order valence-corrected chi connectivity index (χ0v) is 31.8. The van der Waals surface area contributed by atoms with E-state index in [1.807, 2.05) is 23.5 Å². The summed E-state index contributed by atoms with van der Waals surface area (Å²) in [4.78, 5) is 2.46. The van der Waals surface area contributed by atoms with Crippen LogP contribution in [0.15, 0.2) is 217 Å². The molecule has 268 valence electrons. The van der Waals surface area contributed by atoms with Crippen molar-refractivity contribution in [3.8, 4) is 44.5 Å². The van der Waals surface area contributed by atoms with Crippen LogP contribution in [0.1, 0.15) is 0 Å². The summed E-state index contributed by atoms with van der Waals surface area (Å²) in [6.07, 6.45) is 0. The fourth-order valence-electron chi connectivity index (χ4n) is 8.25. The molecule has 9 aromatic carbocycles. The molecule has 11 aromatic rings. The van der Waals surface area contributed by atoms with Gasteiger partial charge in [0.05, 0.1) is 10.4 Å². The molecule has 0 fully saturated rings. The Balaban J connectivity index is 1.06. The van der Waals surface area contributed by atoms with Crippen LogP contribution in [-0.4, -0.2) is 0 Å². The first kappa shape index (κ1) is 33.2. The van der Waals surface area contributed by atoms with Gasteiger partial charge < -0.3 is 9.32 Å². The molecule has 0 unspecified atom stereocenters. The highest BCUT2D eigenvalue weighted by atomic mass is 32.1. The lowest BCUT2D eigenvalue weighted by molar-refractivity contribution is 0.669. The van der Waals surface area contributed by atoms with Crippen LogP contribution in [0, 0.1) is 0 Å². The van der Waals surface area contributed by atoms with Crippen LogP contribution >= 0.6 is 11.3 Å². The molecule has 0 aliphatic heterocycles. The predicted octanol–water partition coefficient (Wildman–Crippen LogP) is 16.1. The number of hydrogen-bond acceptors (Lipinski definition) is 3. The van der Waals surface area contributed by atoms with Gasteiger partial charge in [0.2, 0.25) is 0 Å². The molecule has 3 heteroatoms. The van der Waals surface area contributed by atoms with E-state index in [-0.39, 0.29) is 0 Å². The Morgan fingerprint density at radius 1 is 0.333 bits per heavy atom. The van der Waals surface area contributed by atoms with Gasteiger partial charge in [0.25, 0.3) is 0 Å². The van der Waals surface area contributed by atoms with E-state index in [1.54, 1.807) is 0 Å². The van der Waals surface area contributed by atoms with E-state index < -0.39 is 0 Å². The van der Waals surface area contributed by atoms with Crippen LogP contribution in [-0.2, 0) is 0 Å². The van der Waals surface area contributed by atoms with E-state index in [2.05, 4.69) is 205 Å². The van der Waals surface area contributed by atoms with E-state index in [0.29, 0.717) is 0 Å². The highest BCUT2D eigenvalue weighted by molar-refractivity contribution is 7.26. The molecule has 0 bridgehead atoms. The number of fused-ring (bicyclic) bond motifs is 6. The standard InChI is InChI=1S/C54H35NOS/c1-3-11-36(12-4-1)37-19-21-38(22-20-37)39-23-28-43(29-24-39)55(44-30-25-40(26-31-44)42-27-34-51-49(35-42)46-15-7-9-17-50(46)56-51)53-45(41-13-5-2-6-14-41)32-33-48-47-16-8-10-18-52(47)57-54(48)53/h1-35H. The fourth-order valence-corrected chi connectivity index (χ4v) is 9.49. The smallest absolute Gasteiger partial charge is 0.135 e. The summed E-state index contributed by atoms with van der Waals surface area (Å²) >= 11 is 1.87. The lowest BCUT2D eigenvalue weighted by Gasteiger charge is -2.29. The Labute approximate surface area is 335 Å². The first-order valence-electron chi connectivity index (χ1n) is 19.3. The monoisotopic (exact) mass is 745 g/mol. The number of para-hydroxylation sites is 1. The fraction of sp³-hybridized carbons (Fsp3) is 0. The molecular formula is C54H35NOS. The second-order valence-electron chi connectivity index (χ2n) is 14.5. The summed E-state index contributed by atoms with van der Waals surface area (Å²) in [7, 11) is 0. The summed E-state index contributed by atoms with van der Waals surface area (Å²) < 4.78 is 8.70. The quantitative estimate of drug-likeness (QED) is 0.162. The predicted molar refractivity (Wildman–Crippen MR) is 243 cm³/mol. The molecule has 0 amide bonds. The number of furan rings is 1. The van der Waals surface area contributed by atoms with Crippen molar-refractivity contribution in [3.05, 3.63) is 212 Å². The SMILES string of the molecule is c1ccc(-c2ccc(-c3ccc(N(c4ccc(-c5ccc6oc7ccccc7c6c5)cc4)c4c(-c5ccccc5)ccc5c4sc4ccccc45)cc3)cc2)cc1. The van der Waals surface area contributed by atoms with Crippen molar-refractivity contribution in [2.45, 2.75) is 0 Å². The number of rotatable bonds is 7. The molecule has 0 saturated carbocycles. The van der Waals surface area contributed by atoms with E-state index in [0.717, 1.165) is 44.4 Å². The summed E-state index contributed by atoms with van der Waals surface area (Å²) in [6.45, 7) is 0. The second-order valence-corrected chi connectivity index (χ2v) is 15.5. The summed E-state index contributed by atoms with van der Waals surface area (Å²) in [6, 6.07) is 76.5.